The predicted molar refractivity (Wildman–Crippen MR) is 85.2 cm³/mol. The van der Waals surface area contributed by atoms with Crippen LogP contribution in [0.25, 0.3) is 0 Å². The van der Waals surface area contributed by atoms with Gasteiger partial charge >= 0.3 is 5.97 Å². The van der Waals surface area contributed by atoms with Gasteiger partial charge in [0.1, 0.15) is 0 Å². The normalized spacial score (nSPS) is 23.7. The quantitative estimate of drug-likeness (QED) is 0.836. The zero-order chi connectivity index (χ0) is 17.2. The summed E-state index contributed by atoms with van der Waals surface area (Å²) >= 11 is 0. The topological polar surface area (TPSA) is 83.2 Å². The Kier molecular flexibility index (Phi) is 4.91. The molecule has 1 amide bonds. The van der Waals surface area contributed by atoms with Crippen LogP contribution < -0.4 is 0 Å². The summed E-state index contributed by atoms with van der Waals surface area (Å²) in [5.41, 5.74) is 0.592. The summed E-state index contributed by atoms with van der Waals surface area (Å²) in [5.74, 6) is -1.40. The molecule has 1 aromatic heterocycles. The lowest BCUT2D eigenvalue weighted by Gasteiger charge is -2.26. The smallest absolute Gasteiger partial charge is 0.309 e. The van der Waals surface area contributed by atoms with Crippen LogP contribution in [-0.4, -0.2) is 66.7 Å². The number of nitrogens with zero attached hydrogens (tertiary/aromatic N) is 2. The molecule has 1 aromatic rings. The fraction of sp³-hybridized carbons (Fsp3) is 0.647. The van der Waals surface area contributed by atoms with E-state index in [1.165, 1.54) is 0 Å². The monoisotopic (exact) mass is 336 g/mol. The Morgan fingerprint density at radius 1 is 1.38 bits per heavy atom. The lowest BCUT2D eigenvalue weighted by Crippen LogP contribution is -2.43. The highest BCUT2D eigenvalue weighted by atomic mass is 16.5. The number of amides is 1. The molecule has 1 unspecified atom stereocenters. The Morgan fingerprint density at radius 2 is 2.17 bits per heavy atom. The van der Waals surface area contributed by atoms with Gasteiger partial charge in [0.05, 0.1) is 30.5 Å². The minimum Gasteiger partial charge on any atom is -0.481 e. The van der Waals surface area contributed by atoms with Crippen LogP contribution in [0.5, 0.6) is 0 Å². The van der Waals surface area contributed by atoms with Crippen LogP contribution in [0, 0.1) is 11.3 Å². The average molecular weight is 336 g/mol. The molecule has 132 valence electrons. The van der Waals surface area contributed by atoms with E-state index in [2.05, 4.69) is 4.90 Å². The number of methoxy groups -OCH3 is 1. The van der Waals surface area contributed by atoms with Gasteiger partial charge in [-0.2, -0.15) is 0 Å². The number of aliphatic carboxylic acids is 1. The zero-order valence-corrected chi connectivity index (χ0v) is 13.9. The Morgan fingerprint density at radius 3 is 2.75 bits per heavy atom. The third kappa shape index (κ3) is 3.62. The molecule has 0 spiro atoms. The van der Waals surface area contributed by atoms with Gasteiger partial charge in [-0.15, -0.1) is 0 Å². The van der Waals surface area contributed by atoms with Gasteiger partial charge in [-0.25, -0.2) is 0 Å². The van der Waals surface area contributed by atoms with E-state index < -0.39 is 17.3 Å². The van der Waals surface area contributed by atoms with Crippen molar-refractivity contribution in [2.24, 2.45) is 11.3 Å². The second kappa shape index (κ2) is 6.94. The number of carbonyl (C=O) groups excluding carboxylic acids is 1. The first-order chi connectivity index (χ1) is 11.5. The van der Waals surface area contributed by atoms with Gasteiger partial charge in [0.25, 0.3) is 0 Å². The minimum atomic E-state index is -0.858. The van der Waals surface area contributed by atoms with Crippen molar-refractivity contribution >= 4 is 11.9 Å². The average Bonchev–Trinajstić information content (AvgIpc) is 3.22. The summed E-state index contributed by atoms with van der Waals surface area (Å²) in [6.45, 7) is 2.95. The number of hydrogen-bond donors (Lipinski definition) is 1. The summed E-state index contributed by atoms with van der Waals surface area (Å²) in [6, 6.07) is 1.88. The maximum Gasteiger partial charge on any atom is 0.309 e. The van der Waals surface area contributed by atoms with Crippen molar-refractivity contribution in [3.8, 4) is 0 Å². The van der Waals surface area contributed by atoms with Crippen LogP contribution in [0.2, 0.25) is 0 Å². The molecule has 3 rings (SSSR count). The van der Waals surface area contributed by atoms with Gasteiger partial charge in [0.2, 0.25) is 5.91 Å². The van der Waals surface area contributed by atoms with Crippen molar-refractivity contribution in [2.45, 2.75) is 19.4 Å². The lowest BCUT2D eigenvalue weighted by molar-refractivity contribution is -0.145. The van der Waals surface area contributed by atoms with Crippen LogP contribution in [0.3, 0.4) is 0 Å². The highest BCUT2D eigenvalue weighted by Crippen LogP contribution is 2.47. The number of carboxylic acids is 1. The molecule has 1 aliphatic carbocycles. The molecule has 2 fully saturated rings. The molecule has 2 aliphatic rings. The summed E-state index contributed by atoms with van der Waals surface area (Å²) < 4.78 is 10.3. The van der Waals surface area contributed by atoms with E-state index >= 15 is 0 Å². The number of rotatable bonds is 6. The van der Waals surface area contributed by atoms with E-state index in [-0.39, 0.29) is 12.5 Å². The number of ether oxygens (including phenoxy) is 1. The summed E-state index contributed by atoms with van der Waals surface area (Å²) in [6.07, 6.45) is 4.93. The first-order valence-electron chi connectivity index (χ1n) is 8.28. The van der Waals surface area contributed by atoms with Crippen LogP contribution in [0.4, 0.5) is 0 Å². The van der Waals surface area contributed by atoms with Gasteiger partial charge in [-0.1, -0.05) is 0 Å². The van der Waals surface area contributed by atoms with Gasteiger partial charge in [0.15, 0.2) is 0 Å². The van der Waals surface area contributed by atoms with Gasteiger partial charge in [-0.3, -0.25) is 14.5 Å². The molecule has 1 saturated heterocycles. The lowest BCUT2D eigenvalue weighted by atomic mass is 10.0. The van der Waals surface area contributed by atoms with Gasteiger partial charge < -0.3 is 19.2 Å². The highest BCUT2D eigenvalue weighted by Gasteiger charge is 2.52. The Bertz CT molecular complexity index is 582. The molecule has 7 heteroatoms. The fourth-order valence-electron chi connectivity index (χ4n) is 3.39. The summed E-state index contributed by atoms with van der Waals surface area (Å²) in [5, 5.41) is 9.52. The highest BCUT2D eigenvalue weighted by molar-refractivity contribution is 5.86. The molecule has 24 heavy (non-hydrogen) atoms. The number of carboxylic acid groups (broad SMARTS) is 1. The Balaban J connectivity index is 1.69. The van der Waals surface area contributed by atoms with E-state index in [4.69, 9.17) is 9.15 Å². The van der Waals surface area contributed by atoms with Crippen molar-refractivity contribution < 1.29 is 23.8 Å². The van der Waals surface area contributed by atoms with E-state index in [0.717, 1.165) is 18.4 Å². The fourth-order valence-corrected chi connectivity index (χ4v) is 3.39. The van der Waals surface area contributed by atoms with Gasteiger partial charge in [0, 0.05) is 45.4 Å². The largest absolute Gasteiger partial charge is 0.481 e. The van der Waals surface area contributed by atoms with E-state index in [9.17, 15) is 14.7 Å². The molecule has 7 nitrogen and oxygen atoms in total. The number of hydrogen-bond acceptors (Lipinski definition) is 5. The molecular formula is C17H24N2O5. The predicted octanol–water partition coefficient (Wildman–Crippen LogP) is 1.05. The minimum absolute atomic E-state index is 0.0424. The maximum atomic E-state index is 12.8. The van der Waals surface area contributed by atoms with Crippen LogP contribution in [-0.2, 0) is 20.9 Å². The van der Waals surface area contributed by atoms with E-state index in [1.54, 1.807) is 24.5 Å². The molecule has 1 atom stereocenters. The maximum absolute atomic E-state index is 12.8. The summed E-state index contributed by atoms with van der Waals surface area (Å²) in [4.78, 5) is 28.2. The van der Waals surface area contributed by atoms with Crippen molar-refractivity contribution in [3.05, 3.63) is 24.2 Å². The third-order valence-electron chi connectivity index (χ3n) is 4.96. The Labute approximate surface area is 141 Å². The number of carbonyl (C=O) groups is 2. The van der Waals surface area contributed by atoms with E-state index in [1.807, 2.05) is 6.07 Å². The molecule has 1 aliphatic heterocycles. The first kappa shape index (κ1) is 17.0. The van der Waals surface area contributed by atoms with Crippen molar-refractivity contribution in [2.75, 3.05) is 39.9 Å². The molecular weight excluding hydrogens is 312 g/mol. The second-order valence-corrected chi connectivity index (χ2v) is 6.87. The molecule has 2 heterocycles. The number of furan rings is 1. The van der Waals surface area contributed by atoms with Crippen molar-refractivity contribution in [3.63, 3.8) is 0 Å². The molecule has 1 N–H and O–H groups in total. The van der Waals surface area contributed by atoms with Crippen molar-refractivity contribution in [1.29, 1.82) is 0 Å². The molecule has 1 saturated carbocycles. The standard InChI is InChI=1S/C17H24N2O5/c1-23-12-17(3-4-17)16(22)19-6-5-18(8-13-2-7-24-11-13)9-14(10-19)15(20)21/h2,7,11,14H,3-6,8-10,12H2,1H3,(H,20,21). The van der Waals surface area contributed by atoms with Crippen molar-refractivity contribution in [1.82, 2.24) is 9.80 Å². The zero-order valence-electron chi connectivity index (χ0n) is 13.9. The molecule has 0 aromatic carbocycles. The van der Waals surface area contributed by atoms with Crippen LogP contribution in [0.15, 0.2) is 23.0 Å². The SMILES string of the molecule is COCC1(C(=O)N2CCN(Cc3ccoc3)CC(C(=O)O)C2)CC1. The van der Waals surface area contributed by atoms with Gasteiger partial charge in [-0.05, 0) is 18.9 Å². The summed E-state index contributed by atoms with van der Waals surface area (Å²) in [7, 11) is 1.60. The molecule has 0 bridgehead atoms. The molecule has 0 radical (unpaired) electrons. The van der Waals surface area contributed by atoms with Crippen LogP contribution in [0.1, 0.15) is 18.4 Å². The Hall–Kier alpha value is -1.86. The van der Waals surface area contributed by atoms with E-state index in [0.29, 0.717) is 32.8 Å². The second-order valence-electron chi connectivity index (χ2n) is 6.87. The first-order valence-corrected chi connectivity index (χ1v) is 8.28. The third-order valence-corrected chi connectivity index (χ3v) is 4.96. The van der Waals surface area contributed by atoms with Crippen LogP contribution >= 0.6 is 0 Å².